The van der Waals surface area contributed by atoms with Gasteiger partial charge in [0.05, 0.1) is 5.41 Å². The normalized spacial score (nSPS) is 18.8. The van der Waals surface area contributed by atoms with E-state index in [1.165, 1.54) is 0 Å². The van der Waals surface area contributed by atoms with Gasteiger partial charge in [-0.15, -0.1) is 0 Å². The van der Waals surface area contributed by atoms with Crippen LogP contribution in [0.25, 0.3) is 11.1 Å². The molecule has 2 aromatic rings. The van der Waals surface area contributed by atoms with E-state index < -0.39 is 5.41 Å². The summed E-state index contributed by atoms with van der Waals surface area (Å²) in [6, 6.07) is 18.6. The Bertz CT molecular complexity index is 847. The Morgan fingerprint density at radius 1 is 1.07 bits per heavy atom. The van der Waals surface area contributed by atoms with Crippen molar-refractivity contribution in [3.8, 4) is 11.1 Å². The fourth-order valence-electron chi connectivity index (χ4n) is 4.14. The molecule has 2 amide bonds. The molecule has 0 spiro atoms. The van der Waals surface area contributed by atoms with E-state index >= 15 is 0 Å². The summed E-state index contributed by atoms with van der Waals surface area (Å²) in [5.74, 6) is 0.586. The minimum atomic E-state index is -0.579. The lowest BCUT2D eigenvalue weighted by atomic mass is 9.78. The highest BCUT2D eigenvalue weighted by Gasteiger charge is 2.45. The van der Waals surface area contributed by atoms with E-state index in [0.29, 0.717) is 44.8 Å². The van der Waals surface area contributed by atoms with Gasteiger partial charge in [0.1, 0.15) is 0 Å². The third-order valence-corrected chi connectivity index (χ3v) is 5.79. The van der Waals surface area contributed by atoms with Gasteiger partial charge in [-0.1, -0.05) is 75.4 Å². The number of hydrogen-bond donors (Lipinski definition) is 1. The lowest BCUT2D eigenvalue weighted by Gasteiger charge is -2.29. The van der Waals surface area contributed by atoms with Gasteiger partial charge < -0.3 is 10.2 Å². The van der Waals surface area contributed by atoms with Crippen molar-refractivity contribution in [3.05, 3.63) is 60.2 Å². The Kier molecular flexibility index (Phi) is 6.73. The summed E-state index contributed by atoms with van der Waals surface area (Å²) >= 11 is 0. The van der Waals surface area contributed by atoms with Gasteiger partial charge in [0.15, 0.2) is 0 Å². The zero-order chi connectivity index (χ0) is 20.9. The van der Waals surface area contributed by atoms with Crippen LogP contribution >= 0.6 is 0 Å². The van der Waals surface area contributed by atoms with Crippen LogP contribution in [0.15, 0.2) is 54.6 Å². The van der Waals surface area contributed by atoms with E-state index in [2.05, 4.69) is 43.4 Å². The summed E-state index contributed by atoms with van der Waals surface area (Å²) in [4.78, 5) is 27.5. The van der Waals surface area contributed by atoms with Gasteiger partial charge in [-0.05, 0) is 35.4 Å². The molecule has 4 nitrogen and oxygen atoms in total. The first-order chi connectivity index (χ1) is 13.9. The molecular formula is C25H32N2O2. The molecule has 0 aliphatic carbocycles. The Morgan fingerprint density at radius 3 is 2.45 bits per heavy atom. The van der Waals surface area contributed by atoms with Crippen molar-refractivity contribution in [1.29, 1.82) is 0 Å². The number of benzene rings is 2. The van der Waals surface area contributed by atoms with Crippen LogP contribution in [0.3, 0.4) is 0 Å². The molecule has 0 bridgehead atoms. The van der Waals surface area contributed by atoms with Crippen molar-refractivity contribution in [1.82, 2.24) is 10.2 Å². The molecule has 3 rings (SSSR count). The Labute approximate surface area is 174 Å². The molecule has 2 aromatic carbocycles. The fourth-order valence-corrected chi connectivity index (χ4v) is 4.14. The highest BCUT2D eigenvalue weighted by Crippen LogP contribution is 2.37. The van der Waals surface area contributed by atoms with Crippen molar-refractivity contribution in [3.63, 3.8) is 0 Å². The van der Waals surface area contributed by atoms with Crippen molar-refractivity contribution in [2.24, 2.45) is 11.3 Å². The summed E-state index contributed by atoms with van der Waals surface area (Å²) in [6.07, 6.45) is 1.81. The van der Waals surface area contributed by atoms with E-state index in [1.807, 2.05) is 42.2 Å². The zero-order valence-electron chi connectivity index (χ0n) is 17.8. The maximum atomic E-state index is 13.3. The molecule has 1 fully saturated rings. The summed E-state index contributed by atoms with van der Waals surface area (Å²) < 4.78 is 0. The molecule has 0 unspecified atom stereocenters. The maximum Gasteiger partial charge on any atom is 0.228 e. The molecule has 1 atom stereocenters. The summed E-state index contributed by atoms with van der Waals surface area (Å²) in [6.45, 7) is 7.87. The monoisotopic (exact) mass is 392 g/mol. The number of carbonyl (C=O) groups excluding carboxylic acids is 2. The van der Waals surface area contributed by atoms with Crippen LogP contribution in [0.5, 0.6) is 0 Å². The number of nitrogens with one attached hydrogen (secondary N) is 1. The van der Waals surface area contributed by atoms with Gasteiger partial charge in [0.2, 0.25) is 11.8 Å². The molecule has 1 saturated heterocycles. The second-order valence-corrected chi connectivity index (χ2v) is 8.50. The maximum absolute atomic E-state index is 13.3. The van der Waals surface area contributed by atoms with Crippen molar-refractivity contribution >= 4 is 11.8 Å². The second-order valence-electron chi connectivity index (χ2n) is 8.50. The van der Waals surface area contributed by atoms with Gasteiger partial charge in [-0.2, -0.15) is 0 Å². The van der Waals surface area contributed by atoms with Crippen LogP contribution in [0.4, 0.5) is 0 Å². The van der Waals surface area contributed by atoms with E-state index in [4.69, 9.17) is 0 Å². The molecule has 1 heterocycles. The van der Waals surface area contributed by atoms with E-state index in [-0.39, 0.29) is 11.8 Å². The molecule has 0 saturated carbocycles. The van der Waals surface area contributed by atoms with Crippen LogP contribution in [0.2, 0.25) is 0 Å². The van der Waals surface area contributed by atoms with Gasteiger partial charge in [-0.3, -0.25) is 9.59 Å². The van der Waals surface area contributed by atoms with Crippen LogP contribution in [-0.2, 0) is 16.0 Å². The number of nitrogens with zero attached hydrogens (tertiary/aromatic N) is 1. The summed E-state index contributed by atoms with van der Waals surface area (Å²) in [5, 5.41) is 3.14. The third-order valence-electron chi connectivity index (χ3n) is 5.79. The highest BCUT2D eigenvalue weighted by molar-refractivity contribution is 5.86. The standard InChI is InChI=1S/C25H32N2O2/c1-4-23(28)27-15-14-25(18-27,24(29)26-17-19(2)3)16-21-12-8-9-13-22(21)20-10-6-5-7-11-20/h5-13,19H,4,14-18H2,1-3H3,(H,26,29)/t25-/m0/s1. The number of amides is 2. The zero-order valence-corrected chi connectivity index (χ0v) is 17.8. The average molecular weight is 393 g/mol. The summed E-state index contributed by atoms with van der Waals surface area (Å²) in [7, 11) is 0. The smallest absolute Gasteiger partial charge is 0.228 e. The minimum Gasteiger partial charge on any atom is -0.355 e. The molecule has 1 N–H and O–H groups in total. The number of likely N-dealkylation sites (tertiary alicyclic amines) is 1. The molecule has 0 radical (unpaired) electrons. The van der Waals surface area contributed by atoms with Gasteiger partial charge in [0, 0.05) is 26.1 Å². The van der Waals surface area contributed by atoms with Crippen molar-refractivity contribution < 1.29 is 9.59 Å². The number of hydrogen-bond acceptors (Lipinski definition) is 2. The van der Waals surface area contributed by atoms with Crippen molar-refractivity contribution in [2.75, 3.05) is 19.6 Å². The van der Waals surface area contributed by atoms with Crippen LogP contribution < -0.4 is 5.32 Å². The molecule has 1 aliphatic heterocycles. The molecule has 154 valence electrons. The quantitative estimate of drug-likeness (QED) is 0.764. The van der Waals surface area contributed by atoms with Gasteiger partial charge in [-0.25, -0.2) is 0 Å². The number of rotatable bonds is 7. The largest absolute Gasteiger partial charge is 0.355 e. The predicted octanol–water partition coefficient (Wildman–Crippen LogP) is 4.30. The van der Waals surface area contributed by atoms with E-state index in [1.54, 1.807) is 0 Å². The SMILES string of the molecule is CCC(=O)N1CC[C@@](Cc2ccccc2-c2ccccc2)(C(=O)NCC(C)C)C1. The van der Waals surface area contributed by atoms with Crippen molar-refractivity contribution in [2.45, 2.75) is 40.0 Å². The average Bonchev–Trinajstić information content (AvgIpc) is 3.17. The van der Waals surface area contributed by atoms with E-state index in [0.717, 1.165) is 16.7 Å². The molecule has 4 heteroatoms. The van der Waals surface area contributed by atoms with Crippen LogP contribution in [0, 0.1) is 11.3 Å². The highest BCUT2D eigenvalue weighted by atomic mass is 16.2. The topological polar surface area (TPSA) is 49.4 Å². The lowest BCUT2D eigenvalue weighted by molar-refractivity contribution is -0.133. The Morgan fingerprint density at radius 2 is 1.76 bits per heavy atom. The second kappa shape index (κ2) is 9.25. The first-order valence-electron chi connectivity index (χ1n) is 10.6. The fraction of sp³-hybridized carbons (Fsp3) is 0.440. The number of carbonyl (C=O) groups is 2. The Hall–Kier alpha value is -2.62. The lowest BCUT2D eigenvalue weighted by Crippen LogP contribution is -2.46. The Balaban J connectivity index is 1.93. The van der Waals surface area contributed by atoms with Gasteiger partial charge in [0.25, 0.3) is 0 Å². The first kappa shape index (κ1) is 21.1. The predicted molar refractivity (Wildman–Crippen MR) is 117 cm³/mol. The summed E-state index contributed by atoms with van der Waals surface area (Å²) in [5.41, 5.74) is 2.89. The molecule has 0 aromatic heterocycles. The molecule has 1 aliphatic rings. The van der Waals surface area contributed by atoms with Gasteiger partial charge >= 0.3 is 0 Å². The molecule has 29 heavy (non-hydrogen) atoms. The van der Waals surface area contributed by atoms with E-state index in [9.17, 15) is 9.59 Å². The molecular weight excluding hydrogens is 360 g/mol. The van der Waals surface area contributed by atoms with Crippen LogP contribution in [-0.4, -0.2) is 36.3 Å². The first-order valence-corrected chi connectivity index (χ1v) is 10.6. The minimum absolute atomic E-state index is 0.0699. The van der Waals surface area contributed by atoms with Crippen LogP contribution in [0.1, 0.15) is 39.2 Å². The third kappa shape index (κ3) is 4.87.